The summed E-state index contributed by atoms with van der Waals surface area (Å²) >= 11 is 0. The number of hydrogen-bond acceptors (Lipinski definition) is 5. The molecule has 1 aromatic carbocycles. The maximum atomic E-state index is 10.7. The molecule has 0 bridgehead atoms. The molecule has 2 N–H and O–H groups in total. The first-order chi connectivity index (χ1) is 10.0. The van der Waals surface area contributed by atoms with Gasteiger partial charge in [0.25, 0.3) is 0 Å². The fourth-order valence-corrected chi connectivity index (χ4v) is 1.90. The Morgan fingerprint density at radius 1 is 1.10 bits per heavy atom. The monoisotopic (exact) mass is 290 g/mol. The number of benzene rings is 1. The molecule has 7 nitrogen and oxygen atoms in total. The van der Waals surface area contributed by atoms with Crippen LogP contribution in [0, 0.1) is 0 Å². The molecule has 2 aromatic rings. The van der Waals surface area contributed by atoms with Crippen LogP contribution < -0.4 is 0 Å². The number of rotatable bonds is 7. The van der Waals surface area contributed by atoms with Crippen molar-refractivity contribution in [3.63, 3.8) is 0 Å². The standard InChI is InChI=1S/C14H14N2O5/c17-13(18)8-16(9-14(19)20)7-11-6-12(21-15-11)10-4-2-1-3-5-10/h1-6H,7-9H2,(H,17,18)(H,19,20). The molecule has 0 aliphatic rings. The zero-order valence-corrected chi connectivity index (χ0v) is 11.1. The highest BCUT2D eigenvalue weighted by Gasteiger charge is 2.16. The van der Waals surface area contributed by atoms with Gasteiger partial charge in [0.15, 0.2) is 5.76 Å². The Hall–Kier alpha value is -2.67. The Kier molecular flexibility index (Phi) is 4.68. The minimum absolute atomic E-state index is 0.0922. The van der Waals surface area contributed by atoms with Gasteiger partial charge < -0.3 is 14.7 Å². The first kappa shape index (κ1) is 14.7. The Morgan fingerprint density at radius 3 is 2.29 bits per heavy atom. The van der Waals surface area contributed by atoms with Crippen LogP contribution in [0.25, 0.3) is 11.3 Å². The van der Waals surface area contributed by atoms with Gasteiger partial charge >= 0.3 is 11.9 Å². The number of carboxylic acids is 2. The minimum Gasteiger partial charge on any atom is -0.480 e. The van der Waals surface area contributed by atoms with Gasteiger partial charge in [-0.25, -0.2) is 0 Å². The van der Waals surface area contributed by atoms with Crippen LogP contribution in [0.2, 0.25) is 0 Å². The molecule has 0 aliphatic carbocycles. The van der Waals surface area contributed by atoms with Gasteiger partial charge in [-0.15, -0.1) is 0 Å². The number of aliphatic carboxylic acids is 2. The Morgan fingerprint density at radius 2 is 1.71 bits per heavy atom. The lowest BCUT2D eigenvalue weighted by Gasteiger charge is -2.15. The second-order valence-electron chi connectivity index (χ2n) is 4.48. The number of carboxylic acid groups (broad SMARTS) is 2. The molecule has 0 fully saturated rings. The summed E-state index contributed by atoms with van der Waals surface area (Å²) in [7, 11) is 0. The van der Waals surface area contributed by atoms with Crippen LogP contribution in [-0.4, -0.2) is 45.3 Å². The molecular formula is C14H14N2O5. The number of hydrogen-bond donors (Lipinski definition) is 2. The van der Waals surface area contributed by atoms with Crippen molar-refractivity contribution in [2.45, 2.75) is 6.54 Å². The van der Waals surface area contributed by atoms with E-state index < -0.39 is 11.9 Å². The molecule has 0 amide bonds. The van der Waals surface area contributed by atoms with E-state index in [0.717, 1.165) is 5.56 Å². The normalized spacial score (nSPS) is 10.7. The van der Waals surface area contributed by atoms with E-state index in [-0.39, 0.29) is 19.6 Å². The fraction of sp³-hybridized carbons (Fsp3) is 0.214. The average molecular weight is 290 g/mol. The van der Waals surface area contributed by atoms with Gasteiger partial charge in [-0.2, -0.15) is 0 Å². The molecule has 0 saturated carbocycles. The molecular weight excluding hydrogens is 276 g/mol. The maximum Gasteiger partial charge on any atom is 0.317 e. The summed E-state index contributed by atoms with van der Waals surface area (Å²) in [5.41, 5.74) is 1.33. The largest absolute Gasteiger partial charge is 0.480 e. The summed E-state index contributed by atoms with van der Waals surface area (Å²) < 4.78 is 5.19. The molecule has 0 spiro atoms. The summed E-state index contributed by atoms with van der Waals surface area (Å²) in [6, 6.07) is 11.0. The predicted octanol–water partition coefficient (Wildman–Crippen LogP) is 1.31. The van der Waals surface area contributed by atoms with Crippen molar-refractivity contribution in [2.75, 3.05) is 13.1 Å². The summed E-state index contributed by atoms with van der Waals surface area (Å²) in [6.45, 7) is -0.658. The van der Waals surface area contributed by atoms with Crippen LogP contribution >= 0.6 is 0 Å². The van der Waals surface area contributed by atoms with Gasteiger partial charge in [0, 0.05) is 18.2 Å². The first-order valence-corrected chi connectivity index (χ1v) is 6.21. The van der Waals surface area contributed by atoms with Crippen molar-refractivity contribution in [3.05, 3.63) is 42.1 Å². The second kappa shape index (κ2) is 6.67. The summed E-state index contributed by atoms with van der Waals surface area (Å²) in [5.74, 6) is -1.64. The van der Waals surface area contributed by atoms with Crippen molar-refractivity contribution in [1.82, 2.24) is 10.1 Å². The number of aromatic nitrogens is 1. The smallest absolute Gasteiger partial charge is 0.317 e. The third kappa shape index (κ3) is 4.43. The molecule has 21 heavy (non-hydrogen) atoms. The van der Waals surface area contributed by atoms with Crippen LogP contribution in [0.3, 0.4) is 0 Å². The zero-order valence-electron chi connectivity index (χ0n) is 11.1. The molecule has 0 atom stereocenters. The highest BCUT2D eigenvalue weighted by atomic mass is 16.5. The van der Waals surface area contributed by atoms with Gasteiger partial charge in [-0.05, 0) is 0 Å². The molecule has 1 aromatic heterocycles. The molecule has 110 valence electrons. The molecule has 0 radical (unpaired) electrons. The van der Waals surface area contributed by atoms with E-state index in [4.69, 9.17) is 14.7 Å². The van der Waals surface area contributed by atoms with Gasteiger partial charge in [0.05, 0.1) is 18.8 Å². The Labute approximate surface area is 120 Å². The lowest BCUT2D eigenvalue weighted by molar-refractivity contribution is -0.142. The van der Waals surface area contributed by atoms with Crippen molar-refractivity contribution in [3.8, 4) is 11.3 Å². The Bertz CT molecular complexity index is 607. The molecule has 2 rings (SSSR count). The SMILES string of the molecule is O=C(O)CN(CC(=O)O)Cc1cc(-c2ccccc2)on1. The molecule has 1 heterocycles. The maximum absolute atomic E-state index is 10.7. The third-order valence-electron chi connectivity index (χ3n) is 2.72. The molecule has 0 aliphatic heterocycles. The van der Waals surface area contributed by atoms with E-state index in [0.29, 0.717) is 11.5 Å². The van der Waals surface area contributed by atoms with Crippen LogP contribution in [0.1, 0.15) is 5.69 Å². The molecule has 0 saturated heterocycles. The van der Waals surface area contributed by atoms with Gasteiger partial charge in [-0.3, -0.25) is 14.5 Å². The zero-order chi connectivity index (χ0) is 15.2. The lowest BCUT2D eigenvalue weighted by Crippen LogP contribution is -2.34. The van der Waals surface area contributed by atoms with E-state index in [1.54, 1.807) is 6.07 Å². The van der Waals surface area contributed by atoms with Crippen LogP contribution in [0.5, 0.6) is 0 Å². The van der Waals surface area contributed by atoms with E-state index >= 15 is 0 Å². The second-order valence-corrected chi connectivity index (χ2v) is 4.48. The van der Waals surface area contributed by atoms with E-state index in [2.05, 4.69) is 5.16 Å². The van der Waals surface area contributed by atoms with Crippen molar-refractivity contribution < 1.29 is 24.3 Å². The van der Waals surface area contributed by atoms with Gasteiger partial charge in [0.1, 0.15) is 0 Å². The van der Waals surface area contributed by atoms with E-state index in [1.807, 2.05) is 30.3 Å². The average Bonchev–Trinajstić information content (AvgIpc) is 2.86. The summed E-state index contributed by atoms with van der Waals surface area (Å²) in [5, 5.41) is 21.4. The van der Waals surface area contributed by atoms with Gasteiger partial charge in [0.2, 0.25) is 0 Å². The molecule has 7 heteroatoms. The van der Waals surface area contributed by atoms with E-state index in [1.165, 1.54) is 4.90 Å². The number of carbonyl (C=O) groups is 2. The predicted molar refractivity (Wildman–Crippen MR) is 72.5 cm³/mol. The highest BCUT2D eigenvalue weighted by Crippen LogP contribution is 2.20. The van der Waals surface area contributed by atoms with Crippen LogP contribution in [0.4, 0.5) is 0 Å². The van der Waals surface area contributed by atoms with Crippen LogP contribution in [0.15, 0.2) is 40.9 Å². The van der Waals surface area contributed by atoms with Crippen molar-refractivity contribution >= 4 is 11.9 Å². The number of nitrogens with zero attached hydrogens (tertiary/aromatic N) is 2. The Balaban J connectivity index is 2.09. The highest BCUT2D eigenvalue weighted by molar-refractivity contribution is 5.72. The minimum atomic E-state index is -1.09. The van der Waals surface area contributed by atoms with Crippen LogP contribution in [-0.2, 0) is 16.1 Å². The lowest BCUT2D eigenvalue weighted by atomic mass is 10.1. The van der Waals surface area contributed by atoms with E-state index in [9.17, 15) is 9.59 Å². The van der Waals surface area contributed by atoms with Gasteiger partial charge in [-0.1, -0.05) is 35.5 Å². The van der Waals surface area contributed by atoms with Crippen molar-refractivity contribution in [2.24, 2.45) is 0 Å². The first-order valence-electron chi connectivity index (χ1n) is 6.21. The fourth-order valence-electron chi connectivity index (χ4n) is 1.90. The third-order valence-corrected chi connectivity index (χ3v) is 2.72. The van der Waals surface area contributed by atoms with Crippen molar-refractivity contribution in [1.29, 1.82) is 0 Å². The summed E-state index contributed by atoms with van der Waals surface area (Å²) in [4.78, 5) is 22.7. The quantitative estimate of drug-likeness (QED) is 0.792. The topological polar surface area (TPSA) is 104 Å². The molecule has 0 unspecified atom stereocenters. The summed E-state index contributed by atoms with van der Waals surface area (Å²) in [6.07, 6.45) is 0.